The van der Waals surface area contributed by atoms with Gasteiger partial charge in [-0.25, -0.2) is 4.79 Å². The van der Waals surface area contributed by atoms with E-state index in [-0.39, 0.29) is 19.0 Å². The summed E-state index contributed by atoms with van der Waals surface area (Å²) in [5.41, 5.74) is 2.28. The second-order valence-electron chi connectivity index (χ2n) is 5.08. The summed E-state index contributed by atoms with van der Waals surface area (Å²) in [5.74, 6) is -0.554. The van der Waals surface area contributed by atoms with E-state index in [0.717, 1.165) is 5.57 Å². The van der Waals surface area contributed by atoms with Crippen LogP contribution in [0.5, 0.6) is 0 Å². The SMILES string of the molecule is C/C(=C\CO)COC(=O)c1ccc(C(=O)c2ccccc2)cc1. The van der Waals surface area contributed by atoms with E-state index in [1.54, 1.807) is 61.5 Å². The van der Waals surface area contributed by atoms with Crippen LogP contribution in [0.25, 0.3) is 0 Å². The number of carbonyl (C=O) groups is 2. The number of ether oxygens (including phenoxy) is 1. The number of aliphatic hydroxyl groups excluding tert-OH is 1. The first kappa shape index (κ1) is 16.6. The molecule has 0 saturated heterocycles. The number of carbonyl (C=O) groups excluding carboxylic acids is 2. The predicted octanol–water partition coefficient (Wildman–Crippen LogP) is 3.01. The average Bonchev–Trinajstić information content (AvgIpc) is 2.60. The van der Waals surface area contributed by atoms with Gasteiger partial charge in [0.1, 0.15) is 6.61 Å². The van der Waals surface area contributed by atoms with Crippen molar-refractivity contribution in [2.24, 2.45) is 0 Å². The van der Waals surface area contributed by atoms with E-state index >= 15 is 0 Å². The lowest BCUT2D eigenvalue weighted by molar-refractivity contribution is 0.0539. The molecule has 0 bridgehead atoms. The highest BCUT2D eigenvalue weighted by atomic mass is 16.5. The number of hydrogen-bond acceptors (Lipinski definition) is 4. The van der Waals surface area contributed by atoms with E-state index < -0.39 is 5.97 Å². The summed E-state index contributed by atoms with van der Waals surface area (Å²) in [4.78, 5) is 24.2. The van der Waals surface area contributed by atoms with Crippen LogP contribution in [0.15, 0.2) is 66.2 Å². The summed E-state index contributed by atoms with van der Waals surface area (Å²) in [5, 5.41) is 8.75. The molecule has 2 rings (SSSR count). The summed E-state index contributed by atoms with van der Waals surface area (Å²) in [6, 6.07) is 15.3. The number of aliphatic hydroxyl groups is 1. The zero-order valence-corrected chi connectivity index (χ0v) is 12.9. The molecule has 0 atom stereocenters. The predicted molar refractivity (Wildman–Crippen MR) is 87.4 cm³/mol. The molecule has 0 saturated carbocycles. The van der Waals surface area contributed by atoms with Crippen LogP contribution in [-0.2, 0) is 4.74 Å². The summed E-state index contributed by atoms with van der Waals surface area (Å²) >= 11 is 0. The Morgan fingerprint density at radius 2 is 1.52 bits per heavy atom. The molecule has 0 aliphatic heterocycles. The normalized spacial score (nSPS) is 11.1. The maximum absolute atomic E-state index is 12.3. The van der Waals surface area contributed by atoms with Crippen molar-refractivity contribution in [1.29, 1.82) is 0 Å². The molecule has 0 unspecified atom stereocenters. The van der Waals surface area contributed by atoms with Crippen molar-refractivity contribution in [2.45, 2.75) is 6.92 Å². The van der Waals surface area contributed by atoms with Crippen molar-refractivity contribution >= 4 is 11.8 Å². The van der Waals surface area contributed by atoms with Crippen LogP contribution in [-0.4, -0.2) is 30.1 Å². The van der Waals surface area contributed by atoms with Crippen molar-refractivity contribution in [3.05, 3.63) is 82.9 Å². The highest BCUT2D eigenvalue weighted by Gasteiger charge is 2.11. The molecular formula is C19H18O4. The van der Waals surface area contributed by atoms with E-state index in [0.29, 0.717) is 16.7 Å². The van der Waals surface area contributed by atoms with Crippen LogP contribution in [0.4, 0.5) is 0 Å². The molecule has 2 aromatic rings. The summed E-state index contributed by atoms with van der Waals surface area (Å²) in [6.45, 7) is 1.81. The summed E-state index contributed by atoms with van der Waals surface area (Å²) < 4.78 is 5.12. The average molecular weight is 310 g/mol. The van der Waals surface area contributed by atoms with Gasteiger partial charge in [0.2, 0.25) is 0 Å². The van der Waals surface area contributed by atoms with Gasteiger partial charge in [0.05, 0.1) is 12.2 Å². The third-order valence-corrected chi connectivity index (χ3v) is 3.29. The molecule has 0 aliphatic rings. The van der Waals surface area contributed by atoms with E-state index in [2.05, 4.69) is 0 Å². The number of rotatable bonds is 6. The Hall–Kier alpha value is -2.72. The lowest BCUT2D eigenvalue weighted by Crippen LogP contribution is -2.08. The fraction of sp³-hybridized carbons (Fsp3) is 0.158. The van der Waals surface area contributed by atoms with Gasteiger partial charge in [0, 0.05) is 11.1 Å². The number of benzene rings is 2. The lowest BCUT2D eigenvalue weighted by Gasteiger charge is -2.06. The third kappa shape index (κ3) is 4.63. The van der Waals surface area contributed by atoms with Gasteiger partial charge in [0.15, 0.2) is 5.78 Å². The Balaban J connectivity index is 2.03. The Kier molecular flexibility index (Phi) is 5.83. The standard InChI is InChI=1S/C19H18O4/c1-14(11-12-20)13-23-19(22)17-9-7-16(8-10-17)18(21)15-5-3-2-4-6-15/h2-11,20H,12-13H2,1H3/b14-11+. The molecule has 2 aromatic carbocycles. The van der Waals surface area contributed by atoms with Crippen molar-refractivity contribution in [3.8, 4) is 0 Å². The molecule has 118 valence electrons. The Bertz CT molecular complexity index is 700. The molecule has 23 heavy (non-hydrogen) atoms. The fourth-order valence-electron chi connectivity index (χ4n) is 1.99. The second-order valence-corrected chi connectivity index (χ2v) is 5.08. The van der Waals surface area contributed by atoms with E-state index in [1.165, 1.54) is 0 Å². The highest BCUT2D eigenvalue weighted by molar-refractivity contribution is 6.09. The molecular weight excluding hydrogens is 292 g/mol. The third-order valence-electron chi connectivity index (χ3n) is 3.29. The van der Waals surface area contributed by atoms with Gasteiger partial charge >= 0.3 is 5.97 Å². The molecule has 4 nitrogen and oxygen atoms in total. The van der Waals surface area contributed by atoms with Crippen molar-refractivity contribution in [1.82, 2.24) is 0 Å². The van der Waals surface area contributed by atoms with Gasteiger partial charge in [-0.05, 0) is 24.6 Å². The van der Waals surface area contributed by atoms with Gasteiger partial charge in [-0.15, -0.1) is 0 Å². The molecule has 0 radical (unpaired) electrons. The minimum absolute atomic E-state index is 0.0837. The van der Waals surface area contributed by atoms with Gasteiger partial charge in [-0.3, -0.25) is 4.79 Å². The molecule has 1 N–H and O–H groups in total. The second kappa shape index (κ2) is 8.06. The molecule has 0 fully saturated rings. The minimum atomic E-state index is -0.464. The van der Waals surface area contributed by atoms with Crippen LogP contribution in [0.1, 0.15) is 33.2 Å². The van der Waals surface area contributed by atoms with E-state index in [1.807, 2.05) is 6.07 Å². The minimum Gasteiger partial charge on any atom is -0.458 e. The molecule has 0 amide bonds. The van der Waals surface area contributed by atoms with E-state index in [4.69, 9.17) is 9.84 Å². The van der Waals surface area contributed by atoms with E-state index in [9.17, 15) is 9.59 Å². The first-order valence-corrected chi connectivity index (χ1v) is 7.25. The topological polar surface area (TPSA) is 63.6 Å². The molecule has 0 aromatic heterocycles. The first-order valence-electron chi connectivity index (χ1n) is 7.25. The van der Waals surface area contributed by atoms with Crippen LogP contribution in [0.3, 0.4) is 0 Å². The van der Waals surface area contributed by atoms with Gasteiger partial charge < -0.3 is 9.84 Å². The maximum atomic E-state index is 12.3. The zero-order chi connectivity index (χ0) is 16.7. The quantitative estimate of drug-likeness (QED) is 0.506. The van der Waals surface area contributed by atoms with Gasteiger partial charge in [0.25, 0.3) is 0 Å². The zero-order valence-electron chi connectivity index (χ0n) is 12.9. The smallest absolute Gasteiger partial charge is 0.338 e. The molecule has 0 spiro atoms. The maximum Gasteiger partial charge on any atom is 0.338 e. The molecule has 0 aliphatic carbocycles. The number of ketones is 1. The van der Waals surface area contributed by atoms with Crippen LogP contribution in [0, 0.1) is 0 Å². The van der Waals surface area contributed by atoms with Crippen molar-refractivity contribution < 1.29 is 19.4 Å². The van der Waals surface area contributed by atoms with Gasteiger partial charge in [-0.1, -0.05) is 48.5 Å². The monoisotopic (exact) mass is 310 g/mol. The lowest BCUT2D eigenvalue weighted by atomic mass is 10.0. The van der Waals surface area contributed by atoms with Crippen molar-refractivity contribution in [3.63, 3.8) is 0 Å². The van der Waals surface area contributed by atoms with Gasteiger partial charge in [-0.2, -0.15) is 0 Å². The Morgan fingerprint density at radius 3 is 2.13 bits per heavy atom. The number of esters is 1. The Morgan fingerprint density at radius 1 is 0.957 bits per heavy atom. The van der Waals surface area contributed by atoms with Crippen molar-refractivity contribution in [2.75, 3.05) is 13.2 Å². The van der Waals surface area contributed by atoms with Crippen LogP contribution < -0.4 is 0 Å². The highest BCUT2D eigenvalue weighted by Crippen LogP contribution is 2.12. The van der Waals surface area contributed by atoms with Crippen LogP contribution >= 0.6 is 0 Å². The summed E-state index contributed by atoms with van der Waals surface area (Å²) in [7, 11) is 0. The Labute approximate surface area is 135 Å². The molecule has 0 heterocycles. The largest absolute Gasteiger partial charge is 0.458 e. The number of hydrogen-bond donors (Lipinski definition) is 1. The first-order chi connectivity index (χ1) is 11.1. The molecule has 4 heteroatoms. The summed E-state index contributed by atoms with van der Waals surface area (Å²) in [6.07, 6.45) is 1.58. The fourth-order valence-corrected chi connectivity index (χ4v) is 1.99. The van der Waals surface area contributed by atoms with Crippen LogP contribution in [0.2, 0.25) is 0 Å².